The van der Waals surface area contributed by atoms with Gasteiger partial charge in [-0.3, -0.25) is 10.1 Å². The van der Waals surface area contributed by atoms with E-state index in [1.54, 1.807) is 13.8 Å². The second kappa shape index (κ2) is 8.10. The molecule has 10 nitrogen and oxygen atoms in total. The highest BCUT2D eigenvalue weighted by Gasteiger charge is 2.30. The first-order valence-electron chi connectivity index (χ1n) is 7.72. The Labute approximate surface area is 148 Å². The highest BCUT2D eigenvalue weighted by Crippen LogP contribution is 2.16. The number of esters is 2. The largest absolute Gasteiger partial charge is 0.463 e. The Kier molecular flexibility index (Phi) is 5.89. The van der Waals surface area contributed by atoms with E-state index in [9.17, 15) is 24.5 Å². The zero-order valence-corrected chi connectivity index (χ0v) is 14.1. The molecule has 1 aliphatic heterocycles. The van der Waals surface area contributed by atoms with Gasteiger partial charge in [-0.05, 0) is 26.0 Å². The lowest BCUT2D eigenvalue weighted by Gasteiger charge is -2.26. The van der Waals surface area contributed by atoms with Crippen molar-refractivity contribution >= 4 is 23.7 Å². The van der Waals surface area contributed by atoms with E-state index in [-0.39, 0.29) is 35.7 Å². The summed E-state index contributed by atoms with van der Waals surface area (Å²) in [6.45, 7) is 3.04. The average Bonchev–Trinajstić information content (AvgIpc) is 2.59. The fourth-order valence-electron chi connectivity index (χ4n) is 2.33. The van der Waals surface area contributed by atoms with E-state index in [0.29, 0.717) is 0 Å². The summed E-state index contributed by atoms with van der Waals surface area (Å²) >= 11 is 0. The molecule has 26 heavy (non-hydrogen) atoms. The third-order valence-electron chi connectivity index (χ3n) is 3.53. The van der Waals surface area contributed by atoms with Crippen LogP contribution in [0.25, 0.3) is 0 Å². The molecule has 0 spiro atoms. The molecule has 1 aliphatic rings. The standard InChI is InChI=1S/C16H17N3O7/c1-3-25-15(21)13-9(2)17-16(22)18-12(13)8-26-14(20)10-4-6-11(7-5-10)19(23)24/h4-7,9H,3,8H2,1-2H3,(H2,17,18,22)/t9-/m1/s1. The van der Waals surface area contributed by atoms with Crippen LogP contribution in [0.1, 0.15) is 24.2 Å². The van der Waals surface area contributed by atoms with E-state index >= 15 is 0 Å². The number of nitrogens with one attached hydrogen (secondary N) is 2. The molecule has 0 unspecified atom stereocenters. The maximum Gasteiger partial charge on any atom is 0.338 e. The number of ether oxygens (including phenoxy) is 2. The number of carbonyl (C=O) groups is 3. The topological polar surface area (TPSA) is 137 Å². The SMILES string of the molecule is CCOC(=O)C1=C(COC(=O)c2ccc([N+](=O)[O-])cc2)NC(=O)N[C@@H]1C. The van der Waals surface area contributed by atoms with Gasteiger partial charge in [0.15, 0.2) is 0 Å². The lowest BCUT2D eigenvalue weighted by Crippen LogP contribution is -2.50. The molecule has 10 heteroatoms. The molecule has 138 valence electrons. The van der Waals surface area contributed by atoms with Gasteiger partial charge in [0.05, 0.1) is 34.4 Å². The molecular formula is C16H17N3O7. The fourth-order valence-corrected chi connectivity index (χ4v) is 2.33. The minimum absolute atomic E-state index is 0.0993. The molecule has 0 aliphatic carbocycles. The molecule has 2 amide bonds. The summed E-state index contributed by atoms with van der Waals surface area (Å²) in [5.41, 5.74) is 0.216. The van der Waals surface area contributed by atoms with Crippen molar-refractivity contribution in [3.05, 3.63) is 51.2 Å². The van der Waals surface area contributed by atoms with Crippen LogP contribution in [0.5, 0.6) is 0 Å². The van der Waals surface area contributed by atoms with E-state index < -0.39 is 28.9 Å². The first kappa shape index (κ1) is 18.9. The number of non-ortho nitro benzene ring substituents is 1. The van der Waals surface area contributed by atoms with Gasteiger partial charge in [-0.1, -0.05) is 0 Å². The lowest BCUT2D eigenvalue weighted by molar-refractivity contribution is -0.384. The molecule has 1 aromatic carbocycles. The van der Waals surface area contributed by atoms with E-state index in [1.165, 1.54) is 24.3 Å². The first-order valence-corrected chi connectivity index (χ1v) is 7.72. The second-order valence-corrected chi connectivity index (χ2v) is 5.31. The van der Waals surface area contributed by atoms with Crippen LogP contribution >= 0.6 is 0 Å². The molecular weight excluding hydrogens is 346 g/mol. The van der Waals surface area contributed by atoms with E-state index in [0.717, 1.165) is 0 Å². The molecule has 0 saturated carbocycles. The Morgan fingerprint density at radius 1 is 1.19 bits per heavy atom. The first-order chi connectivity index (χ1) is 12.3. The molecule has 2 N–H and O–H groups in total. The van der Waals surface area contributed by atoms with Gasteiger partial charge in [-0.25, -0.2) is 14.4 Å². The summed E-state index contributed by atoms with van der Waals surface area (Å²) in [6.07, 6.45) is 0. The van der Waals surface area contributed by atoms with Crippen LogP contribution in [0, 0.1) is 10.1 Å². The summed E-state index contributed by atoms with van der Waals surface area (Å²) in [5, 5.41) is 15.6. The molecule has 0 saturated heterocycles. The number of carbonyl (C=O) groups excluding carboxylic acids is 3. The lowest BCUT2D eigenvalue weighted by atomic mass is 10.0. The minimum atomic E-state index is -0.754. The number of rotatable bonds is 6. The smallest absolute Gasteiger partial charge is 0.338 e. The van der Waals surface area contributed by atoms with Gasteiger partial charge in [0.1, 0.15) is 6.61 Å². The monoisotopic (exact) mass is 363 g/mol. The van der Waals surface area contributed by atoms with Gasteiger partial charge in [-0.15, -0.1) is 0 Å². The number of hydrogen-bond acceptors (Lipinski definition) is 7. The molecule has 1 heterocycles. The molecule has 0 aromatic heterocycles. The highest BCUT2D eigenvalue weighted by atomic mass is 16.6. The van der Waals surface area contributed by atoms with E-state index in [1.807, 2.05) is 0 Å². The summed E-state index contributed by atoms with van der Waals surface area (Å²) in [4.78, 5) is 45.8. The van der Waals surface area contributed by atoms with Crippen molar-refractivity contribution in [2.45, 2.75) is 19.9 Å². The summed E-state index contributed by atoms with van der Waals surface area (Å²) in [6, 6.07) is 3.71. The molecule has 0 bridgehead atoms. The zero-order valence-electron chi connectivity index (χ0n) is 14.1. The van der Waals surface area contributed by atoms with Crippen LogP contribution in [0.4, 0.5) is 10.5 Å². The number of nitro benzene ring substituents is 1. The number of hydrogen-bond donors (Lipinski definition) is 2. The van der Waals surface area contributed by atoms with Crippen LogP contribution in [0.15, 0.2) is 35.5 Å². The van der Waals surface area contributed by atoms with Crippen LogP contribution in [0.3, 0.4) is 0 Å². The van der Waals surface area contributed by atoms with Crippen molar-refractivity contribution < 1.29 is 28.8 Å². The van der Waals surface area contributed by atoms with Crippen molar-refractivity contribution in [2.24, 2.45) is 0 Å². The number of nitrogens with zero attached hydrogens (tertiary/aromatic N) is 1. The van der Waals surface area contributed by atoms with Gasteiger partial charge in [-0.2, -0.15) is 0 Å². The van der Waals surface area contributed by atoms with Crippen LogP contribution in [-0.2, 0) is 14.3 Å². The van der Waals surface area contributed by atoms with Gasteiger partial charge < -0.3 is 20.1 Å². The Morgan fingerprint density at radius 2 is 1.85 bits per heavy atom. The van der Waals surface area contributed by atoms with Gasteiger partial charge in [0.25, 0.3) is 5.69 Å². The molecule has 1 aromatic rings. The third kappa shape index (κ3) is 4.35. The van der Waals surface area contributed by atoms with Crippen molar-refractivity contribution in [3.8, 4) is 0 Å². The Balaban J connectivity index is 2.14. The van der Waals surface area contributed by atoms with Crippen LogP contribution < -0.4 is 10.6 Å². The van der Waals surface area contributed by atoms with Gasteiger partial charge in [0.2, 0.25) is 0 Å². The predicted molar refractivity (Wildman–Crippen MR) is 88.2 cm³/mol. The summed E-state index contributed by atoms with van der Waals surface area (Å²) in [7, 11) is 0. The predicted octanol–water partition coefficient (Wildman–Crippen LogP) is 1.27. The number of urea groups is 1. The summed E-state index contributed by atoms with van der Waals surface area (Å²) in [5.74, 6) is -1.38. The molecule has 1 atom stereocenters. The van der Waals surface area contributed by atoms with E-state index in [4.69, 9.17) is 9.47 Å². The Bertz CT molecular complexity index is 771. The van der Waals surface area contributed by atoms with Crippen LogP contribution in [-0.4, -0.2) is 42.1 Å². The van der Waals surface area contributed by atoms with Crippen molar-refractivity contribution in [2.75, 3.05) is 13.2 Å². The average molecular weight is 363 g/mol. The number of benzene rings is 1. The van der Waals surface area contributed by atoms with Crippen molar-refractivity contribution in [3.63, 3.8) is 0 Å². The second-order valence-electron chi connectivity index (χ2n) is 5.31. The normalized spacial score (nSPS) is 16.4. The van der Waals surface area contributed by atoms with Gasteiger partial charge in [0, 0.05) is 12.1 Å². The summed E-state index contributed by atoms with van der Waals surface area (Å²) < 4.78 is 10.1. The van der Waals surface area contributed by atoms with Crippen molar-refractivity contribution in [1.82, 2.24) is 10.6 Å². The van der Waals surface area contributed by atoms with Crippen molar-refractivity contribution in [1.29, 1.82) is 0 Å². The fraction of sp³-hybridized carbons (Fsp3) is 0.312. The molecule has 0 fully saturated rings. The zero-order chi connectivity index (χ0) is 19.3. The maximum absolute atomic E-state index is 12.1. The number of nitro groups is 1. The highest BCUT2D eigenvalue weighted by molar-refractivity contribution is 5.95. The van der Waals surface area contributed by atoms with Gasteiger partial charge >= 0.3 is 18.0 Å². The Morgan fingerprint density at radius 3 is 2.42 bits per heavy atom. The minimum Gasteiger partial charge on any atom is -0.463 e. The number of amides is 2. The Hall–Kier alpha value is -3.43. The third-order valence-corrected chi connectivity index (χ3v) is 3.53. The van der Waals surface area contributed by atoms with E-state index in [2.05, 4.69) is 10.6 Å². The van der Waals surface area contributed by atoms with Crippen LogP contribution in [0.2, 0.25) is 0 Å². The molecule has 0 radical (unpaired) electrons. The molecule has 2 rings (SSSR count). The quantitative estimate of drug-likeness (QED) is 0.441. The maximum atomic E-state index is 12.1.